The van der Waals surface area contributed by atoms with E-state index in [0.29, 0.717) is 30.7 Å². The SMILES string of the molecule is C=CCn1c(SC(C)C(=O)N(CC)CC)nc2sc3c(c2c1=O)CCC(C)C3. The molecule has 5 nitrogen and oxygen atoms in total. The molecule has 0 aromatic carbocycles. The highest BCUT2D eigenvalue weighted by Crippen LogP contribution is 2.37. The van der Waals surface area contributed by atoms with Crippen molar-refractivity contribution in [1.82, 2.24) is 14.5 Å². The summed E-state index contributed by atoms with van der Waals surface area (Å²) in [5.74, 6) is 0.727. The van der Waals surface area contributed by atoms with Gasteiger partial charge in [0.15, 0.2) is 5.16 Å². The average molecular weight is 420 g/mol. The van der Waals surface area contributed by atoms with Gasteiger partial charge in [0.1, 0.15) is 4.83 Å². The van der Waals surface area contributed by atoms with Crippen LogP contribution in [-0.4, -0.2) is 38.7 Å². The number of aromatic nitrogens is 2. The Morgan fingerprint density at radius 1 is 1.46 bits per heavy atom. The second kappa shape index (κ2) is 8.82. The van der Waals surface area contributed by atoms with Gasteiger partial charge in [0, 0.05) is 24.5 Å². The van der Waals surface area contributed by atoms with Crippen molar-refractivity contribution < 1.29 is 4.79 Å². The lowest BCUT2D eigenvalue weighted by molar-refractivity contribution is -0.129. The van der Waals surface area contributed by atoms with Crippen molar-refractivity contribution in [1.29, 1.82) is 0 Å². The molecule has 1 aliphatic carbocycles. The Labute approximate surface area is 174 Å². The Morgan fingerprint density at radius 2 is 2.18 bits per heavy atom. The molecule has 1 aliphatic rings. The molecule has 0 fully saturated rings. The number of amides is 1. The van der Waals surface area contributed by atoms with Crippen molar-refractivity contribution in [3.63, 3.8) is 0 Å². The van der Waals surface area contributed by atoms with Gasteiger partial charge in [-0.25, -0.2) is 4.98 Å². The molecule has 0 aliphatic heterocycles. The molecular formula is C21H29N3O2S2. The summed E-state index contributed by atoms with van der Waals surface area (Å²) in [6, 6.07) is 0. The Hall–Kier alpha value is -1.60. The zero-order valence-corrected chi connectivity index (χ0v) is 18.8. The summed E-state index contributed by atoms with van der Waals surface area (Å²) in [5, 5.41) is 1.09. The molecule has 2 atom stereocenters. The first kappa shape index (κ1) is 21.1. The normalized spacial score (nSPS) is 17.4. The number of fused-ring (bicyclic) bond motifs is 3. The summed E-state index contributed by atoms with van der Waals surface area (Å²) >= 11 is 3.02. The maximum absolute atomic E-state index is 13.3. The third-order valence-electron chi connectivity index (χ3n) is 5.40. The number of allylic oxidation sites excluding steroid dienone is 1. The minimum absolute atomic E-state index is 0.00180. The predicted molar refractivity (Wildman–Crippen MR) is 119 cm³/mol. The summed E-state index contributed by atoms with van der Waals surface area (Å²) in [6.07, 6.45) is 4.81. The number of thiophene rings is 1. The second-order valence-electron chi connectivity index (χ2n) is 7.40. The van der Waals surface area contributed by atoms with Crippen molar-refractivity contribution in [2.75, 3.05) is 13.1 Å². The van der Waals surface area contributed by atoms with E-state index < -0.39 is 0 Å². The Kier molecular flexibility index (Phi) is 6.65. The van der Waals surface area contributed by atoms with Crippen LogP contribution in [0, 0.1) is 5.92 Å². The van der Waals surface area contributed by atoms with Crippen molar-refractivity contribution in [2.24, 2.45) is 5.92 Å². The second-order valence-corrected chi connectivity index (χ2v) is 9.79. The molecule has 7 heteroatoms. The van der Waals surface area contributed by atoms with Gasteiger partial charge in [-0.15, -0.1) is 17.9 Å². The summed E-state index contributed by atoms with van der Waals surface area (Å²) in [7, 11) is 0. The molecule has 0 radical (unpaired) electrons. The van der Waals surface area contributed by atoms with Gasteiger partial charge in [0.2, 0.25) is 5.91 Å². The largest absolute Gasteiger partial charge is 0.342 e. The Morgan fingerprint density at radius 3 is 2.82 bits per heavy atom. The number of aryl methyl sites for hydroxylation is 1. The van der Waals surface area contributed by atoms with E-state index in [-0.39, 0.29) is 16.7 Å². The summed E-state index contributed by atoms with van der Waals surface area (Å²) in [5.41, 5.74) is 1.19. The lowest BCUT2D eigenvalue weighted by atomic mass is 9.89. The van der Waals surface area contributed by atoms with E-state index in [9.17, 15) is 9.59 Å². The van der Waals surface area contributed by atoms with Crippen molar-refractivity contribution in [2.45, 2.75) is 63.9 Å². The molecule has 2 aromatic rings. The van der Waals surface area contributed by atoms with E-state index in [1.165, 1.54) is 22.2 Å². The van der Waals surface area contributed by atoms with Gasteiger partial charge in [-0.1, -0.05) is 24.8 Å². The lowest BCUT2D eigenvalue weighted by Crippen LogP contribution is -2.36. The molecule has 2 unspecified atom stereocenters. The smallest absolute Gasteiger partial charge is 0.263 e. The highest BCUT2D eigenvalue weighted by Gasteiger charge is 2.26. The standard InChI is InChI=1S/C21H29N3O2S2/c1-6-11-24-20(26)17-15-10-9-13(4)12-16(15)28-18(17)22-21(24)27-14(5)19(25)23(7-2)8-3/h6,13-14H,1,7-12H2,2-5H3. The minimum Gasteiger partial charge on any atom is -0.342 e. The van der Waals surface area contributed by atoms with Crippen LogP contribution in [0.25, 0.3) is 10.2 Å². The van der Waals surface area contributed by atoms with Gasteiger partial charge in [-0.05, 0) is 51.5 Å². The zero-order valence-electron chi connectivity index (χ0n) is 17.2. The predicted octanol–water partition coefficient (Wildman–Crippen LogP) is 4.12. The van der Waals surface area contributed by atoms with Gasteiger partial charge in [0.05, 0.1) is 10.6 Å². The first-order valence-electron chi connectivity index (χ1n) is 10.0. The number of hydrogen-bond acceptors (Lipinski definition) is 5. The maximum atomic E-state index is 13.3. The molecule has 0 saturated carbocycles. The van der Waals surface area contributed by atoms with E-state index in [2.05, 4.69) is 13.5 Å². The van der Waals surface area contributed by atoms with Crippen LogP contribution in [-0.2, 0) is 24.2 Å². The van der Waals surface area contributed by atoms with Gasteiger partial charge >= 0.3 is 0 Å². The molecule has 152 valence electrons. The monoisotopic (exact) mass is 419 g/mol. The third kappa shape index (κ3) is 3.92. The summed E-state index contributed by atoms with van der Waals surface area (Å²) in [6.45, 7) is 13.7. The number of carbonyl (C=O) groups excluding carboxylic acids is 1. The van der Waals surface area contributed by atoms with Crippen LogP contribution in [0.5, 0.6) is 0 Å². The summed E-state index contributed by atoms with van der Waals surface area (Å²) in [4.78, 5) is 34.8. The molecule has 0 bridgehead atoms. The molecule has 0 saturated heterocycles. The van der Waals surface area contributed by atoms with Gasteiger partial charge in [-0.3, -0.25) is 14.2 Å². The number of hydrogen-bond donors (Lipinski definition) is 0. The maximum Gasteiger partial charge on any atom is 0.263 e. The van der Waals surface area contributed by atoms with Crippen molar-refractivity contribution in [3.05, 3.63) is 33.4 Å². The average Bonchev–Trinajstić information content (AvgIpc) is 3.02. The highest BCUT2D eigenvalue weighted by molar-refractivity contribution is 8.00. The van der Waals surface area contributed by atoms with Crippen LogP contribution < -0.4 is 5.56 Å². The van der Waals surface area contributed by atoms with Crippen LogP contribution in [0.4, 0.5) is 0 Å². The van der Waals surface area contributed by atoms with Crippen LogP contribution in [0.3, 0.4) is 0 Å². The van der Waals surface area contributed by atoms with Gasteiger partial charge in [0.25, 0.3) is 5.56 Å². The fourth-order valence-electron chi connectivity index (χ4n) is 3.79. The number of thioether (sulfide) groups is 1. The molecule has 3 rings (SSSR count). The fourth-order valence-corrected chi connectivity index (χ4v) is 6.21. The first-order valence-corrected chi connectivity index (χ1v) is 11.7. The van der Waals surface area contributed by atoms with E-state index >= 15 is 0 Å². The summed E-state index contributed by atoms with van der Waals surface area (Å²) < 4.78 is 1.68. The fraction of sp³-hybridized carbons (Fsp3) is 0.571. The van der Waals surface area contributed by atoms with E-state index in [0.717, 1.165) is 29.5 Å². The van der Waals surface area contributed by atoms with Gasteiger partial charge < -0.3 is 4.90 Å². The zero-order chi connectivity index (χ0) is 20.4. The molecule has 1 amide bonds. The number of rotatable bonds is 7. The topological polar surface area (TPSA) is 55.2 Å². The Balaban J connectivity index is 2.04. The van der Waals surface area contributed by atoms with Crippen LogP contribution in [0.2, 0.25) is 0 Å². The van der Waals surface area contributed by atoms with E-state index in [1.807, 2.05) is 25.7 Å². The van der Waals surface area contributed by atoms with Crippen molar-refractivity contribution in [3.8, 4) is 0 Å². The van der Waals surface area contributed by atoms with Gasteiger partial charge in [-0.2, -0.15) is 0 Å². The van der Waals surface area contributed by atoms with Crippen LogP contribution >= 0.6 is 23.1 Å². The molecular weight excluding hydrogens is 390 g/mol. The first-order chi connectivity index (χ1) is 13.4. The minimum atomic E-state index is -0.296. The molecule has 2 aromatic heterocycles. The van der Waals surface area contributed by atoms with Crippen LogP contribution in [0.1, 0.15) is 44.6 Å². The Bertz CT molecular complexity index is 943. The quantitative estimate of drug-likeness (QED) is 0.385. The van der Waals surface area contributed by atoms with E-state index in [4.69, 9.17) is 4.98 Å². The van der Waals surface area contributed by atoms with Crippen LogP contribution in [0.15, 0.2) is 22.6 Å². The molecule has 0 spiro atoms. The van der Waals surface area contributed by atoms with Crippen molar-refractivity contribution >= 4 is 39.2 Å². The molecule has 28 heavy (non-hydrogen) atoms. The van der Waals surface area contributed by atoms with E-state index in [1.54, 1.807) is 22.0 Å². The molecule has 2 heterocycles. The lowest BCUT2D eigenvalue weighted by Gasteiger charge is -2.23. The highest BCUT2D eigenvalue weighted by atomic mass is 32.2. The third-order valence-corrected chi connectivity index (χ3v) is 7.62. The number of nitrogens with zero attached hydrogens (tertiary/aromatic N) is 3. The number of carbonyl (C=O) groups is 1. The molecule has 0 N–H and O–H groups in total.